The largest absolute Gasteiger partial charge is 0.347 e. The molecule has 4 nitrogen and oxygen atoms in total. The molecular formula is C16H13ClN2O2. The van der Waals surface area contributed by atoms with Crippen LogP contribution in [0.15, 0.2) is 54.7 Å². The number of rotatable bonds is 4. The molecule has 0 atom stereocenters. The molecule has 0 saturated heterocycles. The minimum Gasteiger partial charge on any atom is -0.347 e. The molecule has 0 aliphatic carbocycles. The number of aromatic nitrogens is 1. The summed E-state index contributed by atoms with van der Waals surface area (Å²) in [5.41, 5.74) is 1.96. The van der Waals surface area contributed by atoms with Crippen LogP contribution in [0.1, 0.15) is 5.56 Å². The van der Waals surface area contributed by atoms with Gasteiger partial charge >= 0.3 is 0 Å². The quantitative estimate of drug-likeness (QED) is 0.528. The molecule has 0 amide bonds. The second kappa shape index (κ2) is 5.58. The van der Waals surface area contributed by atoms with Crippen molar-refractivity contribution in [3.63, 3.8) is 0 Å². The van der Waals surface area contributed by atoms with Crippen LogP contribution in [0, 0.1) is 10.1 Å². The lowest BCUT2D eigenvalue weighted by Gasteiger charge is -2.06. The first kappa shape index (κ1) is 13.6. The number of benzene rings is 2. The Hall–Kier alpha value is -2.33. The lowest BCUT2D eigenvalue weighted by Crippen LogP contribution is -2.02. The minimum atomic E-state index is -0.333. The maximum Gasteiger partial charge on any atom is 0.272 e. The molecule has 0 N–H and O–H groups in total. The Balaban J connectivity index is 1.88. The highest BCUT2D eigenvalue weighted by molar-refractivity contribution is 6.35. The Bertz CT molecular complexity index is 811. The predicted octanol–water partition coefficient (Wildman–Crippen LogP) is 4.45. The van der Waals surface area contributed by atoms with E-state index in [9.17, 15) is 10.1 Å². The SMILES string of the molecule is O=[N+]([O-])c1ccccc1CCn1ccc2c(Cl)cccc21. The van der Waals surface area contributed by atoms with Gasteiger partial charge in [-0.15, -0.1) is 0 Å². The standard InChI is InChI=1S/C16H13ClN2O2/c17-14-5-3-7-16-13(14)9-11-18(16)10-8-12-4-1-2-6-15(12)19(20)21/h1-7,9,11H,8,10H2. The molecule has 0 bridgehead atoms. The molecule has 0 aliphatic rings. The van der Waals surface area contributed by atoms with Crippen molar-refractivity contribution < 1.29 is 4.92 Å². The number of nitro benzene ring substituents is 1. The van der Waals surface area contributed by atoms with E-state index in [1.54, 1.807) is 18.2 Å². The van der Waals surface area contributed by atoms with E-state index >= 15 is 0 Å². The smallest absolute Gasteiger partial charge is 0.272 e. The fourth-order valence-corrected chi connectivity index (χ4v) is 2.75. The summed E-state index contributed by atoms with van der Waals surface area (Å²) < 4.78 is 2.07. The van der Waals surface area contributed by atoms with Crippen molar-refractivity contribution in [3.8, 4) is 0 Å². The summed E-state index contributed by atoms with van der Waals surface area (Å²) in [7, 11) is 0. The molecule has 106 valence electrons. The van der Waals surface area contributed by atoms with E-state index in [1.165, 1.54) is 0 Å². The van der Waals surface area contributed by atoms with E-state index in [4.69, 9.17) is 11.6 Å². The lowest BCUT2D eigenvalue weighted by molar-refractivity contribution is -0.385. The van der Waals surface area contributed by atoms with Crippen LogP contribution in [0.25, 0.3) is 10.9 Å². The second-order valence-corrected chi connectivity index (χ2v) is 5.22. The average Bonchev–Trinajstić information content (AvgIpc) is 2.90. The monoisotopic (exact) mass is 300 g/mol. The van der Waals surface area contributed by atoms with E-state index in [0.29, 0.717) is 13.0 Å². The van der Waals surface area contributed by atoms with Gasteiger partial charge in [0.15, 0.2) is 0 Å². The number of fused-ring (bicyclic) bond motifs is 1. The van der Waals surface area contributed by atoms with Gasteiger partial charge < -0.3 is 4.57 Å². The Morgan fingerprint density at radius 1 is 1.10 bits per heavy atom. The van der Waals surface area contributed by atoms with Gasteiger partial charge in [0.25, 0.3) is 5.69 Å². The summed E-state index contributed by atoms with van der Waals surface area (Å²) in [6.45, 7) is 0.675. The first-order valence-electron chi connectivity index (χ1n) is 6.62. The molecule has 1 heterocycles. The zero-order valence-electron chi connectivity index (χ0n) is 11.2. The van der Waals surface area contributed by atoms with Gasteiger partial charge in [0.05, 0.1) is 4.92 Å². The summed E-state index contributed by atoms with van der Waals surface area (Å²) in [6, 6.07) is 14.6. The summed E-state index contributed by atoms with van der Waals surface area (Å²) >= 11 is 6.15. The molecule has 3 rings (SSSR count). The molecule has 0 spiro atoms. The molecule has 0 aliphatic heterocycles. The van der Waals surface area contributed by atoms with Gasteiger partial charge in [0.2, 0.25) is 0 Å². The molecule has 2 aromatic carbocycles. The van der Waals surface area contributed by atoms with Crippen LogP contribution in [-0.2, 0) is 13.0 Å². The minimum absolute atomic E-state index is 0.173. The van der Waals surface area contributed by atoms with E-state index in [1.807, 2.05) is 36.5 Å². The molecule has 3 aromatic rings. The van der Waals surface area contributed by atoms with Gasteiger partial charge in [-0.3, -0.25) is 10.1 Å². The van der Waals surface area contributed by atoms with Gasteiger partial charge in [-0.1, -0.05) is 35.9 Å². The third kappa shape index (κ3) is 2.62. The van der Waals surface area contributed by atoms with Crippen molar-refractivity contribution in [1.29, 1.82) is 0 Å². The number of aryl methyl sites for hydroxylation is 2. The second-order valence-electron chi connectivity index (χ2n) is 4.82. The van der Waals surface area contributed by atoms with E-state index in [0.717, 1.165) is 21.5 Å². The first-order valence-corrected chi connectivity index (χ1v) is 7.00. The van der Waals surface area contributed by atoms with Crippen LogP contribution < -0.4 is 0 Å². The summed E-state index contributed by atoms with van der Waals surface area (Å²) in [5.74, 6) is 0. The average molecular weight is 301 g/mol. The van der Waals surface area contributed by atoms with Crippen LogP contribution >= 0.6 is 11.6 Å². The fraction of sp³-hybridized carbons (Fsp3) is 0.125. The number of nitro groups is 1. The summed E-state index contributed by atoms with van der Waals surface area (Å²) in [4.78, 5) is 10.7. The molecule has 21 heavy (non-hydrogen) atoms. The molecular weight excluding hydrogens is 288 g/mol. The van der Waals surface area contributed by atoms with Gasteiger partial charge in [0.1, 0.15) is 0 Å². The third-order valence-corrected chi connectivity index (χ3v) is 3.90. The Morgan fingerprint density at radius 2 is 1.90 bits per heavy atom. The zero-order valence-corrected chi connectivity index (χ0v) is 12.0. The Labute approximate surface area is 126 Å². The van der Waals surface area contributed by atoms with Crippen molar-refractivity contribution in [2.24, 2.45) is 0 Å². The molecule has 0 saturated carbocycles. The normalized spacial score (nSPS) is 10.9. The van der Waals surface area contributed by atoms with Crippen molar-refractivity contribution >= 4 is 28.2 Å². The Morgan fingerprint density at radius 3 is 2.71 bits per heavy atom. The Kier molecular flexibility index (Phi) is 3.62. The highest BCUT2D eigenvalue weighted by Gasteiger charge is 2.12. The van der Waals surface area contributed by atoms with Crippen molar-refractivity contribution in [3.05, 3.63) is 75.4 Å². The van der Waals surface area contributed by atoms with E-state index in [-0.39, 0.29) is 10.6 Å². The first-order chi connectivity index (χ1) is 10.2. The molecule has 0 fully saturated rings. The van der Waals surface area contributed by atoms with Gasteiger partial charge in [-0.2, -0.15) is 0 Å². The number of hydrogen-bond donors (Lipinski definition) is 0. The number of hydrogen-bond acceptors (Lipinski definition) is 2. The molecule has 0 unspecified atom stereocenters. The van der Waals surface area contributed by atoms with Crippen LogP contribution in [0.2, 0.25) is 5.02 Å². The maximum absolute atomic E-state index is 11.0. The highest BCUT2D eigenvalue weighted by Crippen LogP contribution is 2.25. The molecule has 0 radical (unpaired) electrons. The number of nitrogens with zero attached hydrogens (tertiary/aromatic N) is 2. The topological polar surface area (TPSA) is 48.1 Å². The third-order valence-electron chi connectivity index (χ3n) is 3.57. The predicted molar refractivity (Wildman–Crippen MR) is 83.7 cm³/mol. The number of para-hydroxylation sites is 1. The highest BCUT2D eigenvalue weighted by atomic mass is 35.5. The van der Waals surface area contributed by atoms with Crippen molar-refractivity contribution in [2.75, 3.05) is 0 Å². The summed E-state index contributed by atoms with van der Waals surface area (Å²) in [5, 5.41) is 12.7. The van der Waals surface area contributed by atoms with Crippen molar-refractivity contribution in [1.82, 2.24) is 4.57 Å². The van der Waals surface area contributed by atoms with E-state index < -0.39 is 0 Å². The van der Waals surface area contributed by atoms with Crippen LogP contribution in [-0.4, -0.2) is 9.49 Å². The van der Waals surface area contributed by atoms with E-state index in [2.05, 4.69) is 4.57 Å². The van der Waals surface area contributed by atoms with Crippen LogP contribution in [0.4, 0.5) is 5.69 Å². The molecule has 5 heteroatoms. The maximum atomic E-state index is 11.0. The van der Waals surface area contributed by atoms with Crippen LogP contribution in [0.3, 0.4) is 0 Å². The van der Waals surface area contributed by atoms with Crippen molar-refractivity contribution in [2.45, 2.75) is 13.0 Å². The van der Waals surface area contributed by atoms with Gasteiger partial charge in [-0.25, -0.2) is 0 Å². The molecule has 1 aromatic heterocycles. The van der Waals surface area contributed by atoms with Gasteiger partial charge in [-0.05, 0) is 24.6 Å². The summed E-state index contributed by atoms with van der Waals surface area (Å²) in [6.07, 6.45) is 2.57. The zero-order chi connectivity index (χ0) is 14.8. The lowest BCUT2D eigenvalue weighted by atomic mass is 10.1. The fourth-order valence-electron chi connectivity index (χ4n) is 2.52. The van der Waals surface area contributed by atoms with Gasteiger partial charge in [0, 0.05) is 40.3 Å². The van der Waals surface area contributed by atoms with Crippen LogP contribution in [0.5, 0.6) is 0 Å². The number of halogens is 1.